The van der Waals surface area contributed by atoms with Crippen LogP contribution in [0.15, 0.2) is 42.7 Å². The van der Waals surface area contributed by atoms with Crippen molar-refractivity contribution in [1.29, 1.82) is 0 Å². The van der Waals surface area contributed by atoms with Crippen LogP contribution in [0.3, 0.4) is 0 Å². The SMILES string of the molecule is Cn1ccc2ccnc(Nc3ccc(F)c(Cl)c3)c21. The number of hydrogen-bond donors (Lipinski definition) is 1. The van der Waals surface area contributed by atoms with Gasteiger partial charge in [0.1, 0.15) is 5.82 Å². The first-order valence-corrected chi connectivity index (χ1v) is 6.15. The van der Waals surface area contributed by atoms with E-state index in [9.17, 15) is 4.39 Å². The van der Waals surface area contributed by atoms with Gasteiger partial charge in [-0.25, -0.2) is 9.37 Å². The van der Waals surface area contributed by atoms with E-state index in [-0.39, 0.29) is 5.02 Å². The number of halogens is 2. The summed E-state index contributed by atoms with van der Waals surface area (Å²) in [6.07, 6.45) is 3.70. The first-order chi connectivity index (χ1) is 9.15. The van der Waals surface area contributed by atoms with E-state index < -0.39 is 5.82 Å². The predicted octanol–water partition coefficient (Wildman–Crippen LogP) is 4.11. The highest BCUT2D eigenvalue weighted by Gasteiger charge is 2.07. The van der Waals surface area contributed by atoms with E-state index in [0.717, 1.165) is 10.9 Å². The van der Waals surface area contributed by atoms with Crippen molar-refractivity contribution in [2.75, 3.05) is 5.32 Å². The molecule has 0 fully saturated rings. The molecule has 2 heterocycles. The summed E-state index contributed by atoms with van der Waals surface area (Å²) in [6.45, 7) is 0. The zero-order valence-electron chi connectivity index (χ0n) is 10.2. The average Bonchev–Trinajstić information content (AvgIpc) is 2.77. The summed E-state index contributed by atoms with van der Waals surface area (Å²) in [5.41, 5.74) is 1.69. The van der Waals surface area contributed by atoms with Crippen molar-refractivity contribution in [2.24, 2.45) is 7.05 Å². The van der Waals surface area contributed by atoms with Crippen molar-refractivity contribution < 1.29 is 4.39 Å². The highest BCUT2D eigenvalue weighted by molar-refractivity contribution is 6.31. The van der Waals surface area contributed by atoms with Crippen molar-refractivity contribution in [1.82, 2.24) is 9.55 Å². The Kier molecular flexibility index (Phi) is 2.87. The van der Waals surface area contributed by atoms with E-state index in [1.165, 1.54) is 6.07 Å². The molecule has 0 unspecified atom stereocenters. The fourth-order valence-corrected chi connectivity index (χ4v) is 2.22. The number of aromatic nitrogens is 2. The predicted molar refractivity (Wildman–Crippen MR) is 75.4 cm³/mol. The summed E-state index contributed by atoms with van der Waals surface area (Å²) in [5.74, 6) is 0.282. The first-order valence-electron chi connectivity index (χ1n) is 5.77. The summed E-state index contributed by atoms with van der Waals surface area (Å²) in [4.78, 5) is 4.32. The van der Waals surface area contributed by atoms with Gasteiger partial charge in [0.05, 0.1) is 10.5 Å². The maximum absolute atomic E-state index is 13.1. The van der Waals surface area contributed by atoms with Crippen LogP contribution >= 0.6 is 11.6 Å². The molecule has 0 bridgehead atoms. The van der Waals surface area contributed by atoms with Gasteiger partial charge in [-0.1, -0.05) is 11.6 Å². The molecule has 5 heteroatoms. The third kappa shape index (κ3) is 2.15. The van der Waals surface area contributed by atoms with Crippen LogP contribution in [0.25, 0.3) is 10.9 Å². The van der Waals surface area contributed by atoms with Crippen LogP contribution in [0.1, 0.15) is 0 Å². The minimum Gasteiger partial charge on any atom is -0.348 e. The van der Waals surface area contributed by atoms with Crippen LogP contribution < -0.4 is 5.32 Å². The molecule has 0 spiro atoms. The maximum atomic E-state index is 13.1. The molecule has 0 radical (unpaired) electrons. The molecule has 0 saturated heterocycles. The lowest BCUT2D eigenvalue weighted by atomic mass is 10.3. The van der Waals surface area contributed by atoms with Crippen LogP contribution in [0, 0.1) is 5.82 Å². The van der Waals surface area contributed by atoms with Gasteiger partial charge < -0.3 is 9.88 Å². The number of nitrogens with zero attached hydrogens (tertiary/aromatic N) is 2. The molecule has 96 valence electrons. The van der Waals surface area contributed by atoms with E-state index in [2.05, 4.69) is 10.3 Å². The van der Waals surface area contributed by atoms with Crippen molar-refractivity contribution in [3.8, 4) is 0 Å². The molecule has 3 rings (SSSR count). The lowest BCUT2D eigenvalue weighted by Crippen LogP contribution is -1.97. The van der Waals surface area contributed by atoms with Crippen molar-refractivity contribution in [3.63, 3.8) is 0 Å². The zero-order valence-corrected chi connectivity index (χ0v) is 10.9. The van der Waals surface area contributed by atoms with E-state index in [1.807, 2.05) is 29.9 Å². The number of hydrogen-bond acceptors (Lipinski definition) is 2. The van der Waals surface area contributed by atoms with Gasteiger partial charge in [-0.15, -0.1) is 0 Å². The van der Waals surface area contributed by atoms with E-state index in [1.54, 1.807) is 18.3 Å². The van der Waals surface area contributed by atoms with Crippen LogP contribution in [0.4, 0.5) is 15.9 Å². The third-order valence-corrected chi connectivity index (χ3v) is 3.26. The Labute approximate surface area is 114 Å². The van der Waals surface area contributed by atoms with Crippen molar-refractivity contribution in [3.05, 3.63) is 53.6 Å². The van der Waals surface area contributed by atoms with Gasteiger partial charge in [0.15, 0.2) is 5.82 Å². The molecule has 0 aliphatic rings. The van der Waals surface area contributed by atoms with Gasteiger partial charge in [-0.2, -0.15) is 0 Å². The summed E-state index contributed by atoms with van der Waals surface area (Å²) in [7, 11) is 1.95. The van der Waals surface area contributed by atoms with Gasteiger partial charge >= 0.3 is 0 Å². The Morgan fingerprint density at radius 2 is 2.11 bits per heavy atom. The fourth-order valence-electron chi connectivity index (χ4n) is 2.04. The smallest absolute Gasteiger partial charge is 0.154 e. The van der Waals surface area contributed by atoms with Gasteiger partial charge in [-0.3, -0.25) is 0 Å². The Morgan fingerprint density at radius 3 is 2.89 bits per heavy atom. The number of nitrogens with one attached hydrogen (secondary N) is 1. The molecule has 0 amide bonds. The highest BCUT2D eigenvalue weighted by atomic mass is 35.5. The summed E-state index contributed by atoms with van der Waals surface area (Å²) in [6, 6.07) is 8.46. The summed E-state index contributed by atoms with van der Waals surface area (Å²) in [5, 5.41) is 4.34. The standard InChI is InChI=1S/C14H11ClFN3/c1-19-7-5-9-4-6-17-14(13(9)19)18-10-2-3-12(16)11(15)8-10/h2-8H,1H3,(H,17,18). The number of fused-ring (bicyclic) bond motifs is 1. The second-order valence-corrected chi connectivity index (χ2v) is 4.69. The molecule has 19 heavy (non-hydrogen) atoms. The molecule has 0 atom stereocenters. The second-order valence-electron chi connectivity index (χ2n) is 4.28. The summed E-state index contributed by atoms with van der Waals surface area (Å²) >= 11 is 5.77. The highest BCUT2D eigenvalue weighted by Crippen LogP contribution is 2.26. The maximum Gasteiger partial charge on any atom is 0.154 e. The molecule has 1 N–H and O–H groups in total. The molecule has 2 aromatic heterocycles. The van der Waals surface area contributed by atoms with Gasteiger partial charge in [0.2, 0.25) is 0 Å². The molecule has 3 nitrogen and oxygen atoms in total. The Bertz CT molecular complexity index is 752. The quantitative estimate of drug-likeness (QED) is 0.763. The van der Waals surface area contributed by atoms with Crippen LogP contribution in [-0.2, 0) is 7.05 Å². The van der Waals surface area contributed by atoms with Crippen LogP contribution in [0.2, 0.25) is 5.02 Å². The Morgan fingerprint density at radius 1 is 1.26 bits per heavy atom. The van der Waals surface area contributed by atoms with Crippen LogP contribution in [-0.4, -0.2) is 9.55 Å². The van der Waals surface area contributed by atoms with Gasteiger partial charge in [0, 0.05) is 30.5 Å². The lowest BCUT2D eigenvalue weighted by Gasteiger charge is -2.09. The van der Waals surface area contributed by atoms with E-state index >= 15 is 0 Å². The number of pyridine rings is 1. The molecule has 1 aromatic carbocycles. The van der Waals surface area contributed by atoms with E-state index in [0.29, 0.717) is 11.5 Å². The molecular formula is C14H11ClFN3. The topological polar surface area (TPSA) is 29.9 Å². The molecule has 0 saturated carbocycles. The largest absolute Gasteiger partial charge is 0.348 e. The average molecular weight is 276 g/mol. The zero-order chi connectivity index (χ0) is 13.4. The fraction of sp³-hybridized carbons (Fsp3) is 0.0714. The summed E-state index contributed by atoms with van der Waals surface area (Å²) < 4.78 is 15.1. The first kappa shape index (κ1) is 12.0. The minimum atomic E-state index is -0.433. The van der Waals surface area contributed by atoms with Gasteiger partial charge in [0.25, 0.3) is 0 Å². The number of benzene rings is 1. The lowest BCUT2D eigenvalue weighted by molar-refractivity contribution is 0.628. The molecular weight excluding hydrogens is 265 g/mol. The van der Waals surface area contributed by atoms with Crippen molar-refractivity contribution in [2.45, 2.75) is 0 Å². The Hall–Kier alpha value is -2.07. The molecule has 3 aromatic rings. The number of rotatable bonds is 2. The van der Waals surface area contributed by atoms with E-state index in [4.69, 9.17) is 11.6 Å². The van der Waals surface area contributed by atoms with Gasteiger partial charge in [-0.05, 0) is 30.3 Å². The molecule has 0 aliphatic heterocycles. The number of aryl methyl sites for hydroxylation is 1. The Balaban J connectivity index is 2.05. The second kappa shape index (κ2) is 4.55. The van der Waals surface area contributed by atoms with Crippen LogP contribution in [0.5, 0.6) is 0 Å². The molecule has 0 aliphatic carbocycles. The normalized spacial score (nSPS) is 10.9. The number of anilines is 2. The van der Waals surface area contributed by atoms with Crippen molar-refractivity contribution >= 4 is 34.0 Å². The monoisotopic (exact) mass is 275 g/mol. The minimum absolute atomic E-state index is 0.0871. The third-order valence-electron chi connectivity index (χ3n) is 2.97.